The van der Waals surface area contributed by atoms with Gasteiger partial charge in [-0.25, -0.2) is 4.99 Å². The van der Waals surface area contributed by atoms with Crippen molar-refractivity contribution in [2.75, 3.05) is 39.8 Å². The Labute approximate surface area is 198 Å². The fourth-order valence-electron chi connectivity index (χ4n) is 3.50. The lowest BCUT2D eigenvalue weighted by atomic mass is 10.1. The minimum absolute atomic E-state index is 0. The number of nitrogens with one attached hydrogen (secondary N) is 3. The topological polar surface area (TPSA) is 78.0 Å². The van der Waals surface area contributed by atoms with Crippen molar-refractivity contribution in [3.63, 3.8) is 0 Å². The zero-order valence-corrected chi connectivity index (χ0v) is 21.3. The first-order chi connectivity index (χ1) is 13.8. The highest BCUT2D eigenvalue weighted by Gasteiger charge is 2.24. The van der Waals surface area contributed by atoms with Crippen LogP contribution in [0.1, 0.15) is 52.1 Å². The van der Waals surface area contributed by atoms with Gasteiger partial charge >= 0.3 is 0 Å². The summed E-state index contributed by atoms with van der Waals surface area (Å²) in [5, 5.41) is 9.61. The van der Waals surface area contributed by atoms with E-state index in [2.05, 4.69) is 38.0 Å². The number of guanidine groups is 1. The maximum atomic E-state index is 12.1. The van der Waals surface area contributed by atoms with Crippen molar-refractivity contribution >= 4 is 35.8 Å². The third-order valence-electron chi connectivity index (χ3n) is 4.76. The van der Waals surface area contributed by atoms with Gasteiger partial charge in [0.05, 0.1) is 13.2 Å². The van der Waals surface area contributed by atoms with Gasteiger partial charge in [0.15, 0.2) is 5.96 Å². The van der Waals surface area contributed by atoms with Gasteiger partial charge < -0.3 is 20.7 Å². The average molecular weight is 531 g/mol. The second-order valence-corrected chi connectivity index (χ2v) is 8.41. The fraction of sp³-hybridized carbons (Fsp3) is 0.636. The van der Waals surface area contributed by atoms with Gasteiger partial charge in [-0.05, 0) is 71.3 Å². The predicted octanol–water partition coefficient (Wildman–Crippen LogP) is 2.92. The molecule has 0 radical (unpaired) electrons. The van der Waals surface area contributed by atoms with Crippen LogP contribution in [0.3, 0.4) is 0 Å². The Bertz CT molecular complexity index is 684. The van der Waals surface area contributed by atoms with Crippen LogP contribution in [0.2, 0.25) is 0 Å². The van der Waals surface area contributed by atoms with E-state index in [4.69, 9.17) is 4.74 Å². The highest BCUT2D eigenvalue weighted by molar-refractivity contribution is 14.0. The van der Waals surface area contributed by atoms with Crippen molar-refractivity contribution in [1.29, 1.82) is 0 Å². The van der Waals surface area contributed by atoms with E-state index in [1.165, 1.54) is 18.4 Å². The molecule has 1 amide bonds. The molecule has 0 aliphatic carbocycles. The highest BCUT2D eigenvalue weighted by Crippen LogP contribution is 2.27. The molecule has 0 aromatic heterocycles. The molecule has 8 heteroatoms. The molecular formula is C22H38IN5O2. The first-order valence-electron chi connectivity index (χ1n) is 10.5. The number of likely N-dealkylation sites (tertiary alicyclic amines) is 1. The van der Waals surface area contributed by atoms with Gasteiger partial charge in [0, 0.05) is 18.6 Å². The minimum Gasteiger partial charge on any atom is -0.497 e. The third-order valence-corrected chi connectivity index (χ3v) is 4.76. The van der Waals surface area contributed by atoms with Crippen LogP contribution in [0, 0.1) is 0 Å². The Balaban J connectivity index is 0.00000450. The van der Waals surface area contributed by atoms with E-state index in [0.29, 0.717) is 12.5 Å². The molecule has 1 aromatic rings. The van der Waals surface area contributed by atoms with Gasteiger partial charge in [0.25, 0.3) is 0 Å². The molecule has 7 nitrogen and oxygen atoms in total. The monoisotopic (exact) mass is 531 g/mol. The van der Waals surface area contributed by atoms with Gasteiger partial charge in [-0.15, -0.1) is 24.0 Å². The van der Waals surface area contributed by atoms with Gasteiger partial charge in [0.2, 0.25) is 5.91 Å². The third kappa shape index (κ3) is 9.07. The van der Waals surface area contributed by atoms with Crippen LogP contribution in [0.25, 0.3) is 0 Å². The first kappa shape index (κ1) is 26.5. The normalized spacial score (nSPS) is 15.8. The summed E-state index contributed by atoms with van der Waals surface area (Å²) in [6.07, 6.45) is 2.45. The van der Waals surface area contributed by atoms with Crippen LogP contribution in [0.15, 0.2) is 29.3 Å². The summed E-state index contributed by atoms with van der Waals surface area (Å²) in [7, 11) is 1.70. The smallest absolute Gasteiger partial charge is 0.242 e. The van der Waals surface area contributed by atoms with Crippen LogP contribution in [0.5, 0.6) is 5.75 Å². The van der Waals surface area contributed by atoms with Crippen LogP contribution < -0.4 is 20.7 Å². The minimum atomic E-state index is -0.258. The van der Waals surface area contributed by atoms with E-state index >= 15 is 0 Å². The highest BCUT2D eigenvalue weighted by atomic mass is 127. The van der Waals surface area contributed by atoms with E-state index in [-0.39, 0.29) is 48.0 Å². The molecule has 3 N–H and O–H groups in total. The Hall–Kier alpha value is -1.55. The molecular weight excluding hydrogens is 493 g/mol. The molecule has 0 spiro atoms. The summed E-state index contributed by atoms with van der Waals surface area (Å²) in [5.41, 5.74) is 0.964. The molecule has 2 rings (SSSR count). The van der Waals surface area contributed by atoms with Crippen molar-refractivity contribution in [1.82, 2.24) is 20.9 Å². The van der Waals surface area contributed by atoms with Crippen LogP contribution in [-0.4, -0.2) is 62.1 Å². The Morgan fingerprint density at radius 1 is 1.23 bits per heavy atom. The predicted molar refractivity (Wildman–Crippen MR) is 134 cm³/mol. The standard InChI is InChI=1S/C22H37N5O2.HI/c1-6-23-21(25-16-20(28)26-22(2,3)4)24-15-19(27-12-7-8-13-27)17-10-9-11-18(14-17)29-5;/h9-11,14,19H,6-8,12-13,15-16H2,1-5H3,(H,26,28)(H2,23,24,25);1H. The molecule has 1 aliphatic heterocycles. The van der Waals surface area contributed by atoms with E-state index in [1.54, 1.807) is 7.11 Å². The van der Waals surface area contributed by atoms with Crippen LogP contribution in [0.4, 0.5) is 0 Å². The van der Waals surface area contributed by atoms with Crippen LogP contribution in [-0.2, 0) is 4.79 Å². The maximum Gasteiger partial charge on any atom is 0.242 e. The summed E-state index contributed by atoms with van der Waals surface area (Å²) < 4.78 is 5.42. The summed E-state index contributed by atoms with van der Waals surface area (Å²) in [5.74, 6) is 1.44. The van der Waals surface area contributed by atoms with Crippen molar-refractivity contribution < 1.29 is 9.53 Å². The number of hydrogen-bond acceptors (Lipinski definition) is 4. The molecule has 0 bridgehead atoms. The number of rotatable bonds is 8. The SMILES string of the molecule is CCNC(=NCC(=O)NC(C)(C)C)NCC(c1cccc(OC)c1)N1CCCC1.I. The Morgan fingerprint density at radius 2 is 1.93 bits per heavy atom. The lowest BCUT2D eigenvalue weighted by Crippen LogP contribution is -2.44. The number of aliphatic imine (C=N–C) groups is 1. The number of benzene rings is 1. The largest absolute Gasteiger partial charge is 0.497 e. The first-order valence-corrected chi connectivity index (χ1v) is 10.5. The summed E-state index contributed by atoms with van der Waals surface area (Å²) in [6.45, 7) is 11.6. The number of carbonyl (C=O) groups excluding carboxylic acids is 1. The maximum absolute atomic E-state index is 12.1. The molecule has 1 fully saturated rings. The molecule has 1 aromatic carbocycles. The number of nitrogens with zero attached hydrogens (tertiary/aromatic N) is 2. The summed E-state index contributed by atoms with van der Waals surface area (Å²) in [4.78, 5) is 19.1. The molecule has 0 saturated carbocycles. The van der Waals surface area contributed by atoms with E-state index in [9.17, 15) is 4.79 Å². The van der Waals surface area contributed by atoms with E-state index in [1.807, 2.05) is 39.8 Å². The molecule has 170 valence electrons. The molecule has 1 saturated heterocycles. The van der Waals surface area contributed by atoms with Crippen molar-refractivity contribution in [3.05, 3.63) is 29.8 Å². The van der Waals surface area contributed by atoms with Crippen molar-refractivity contribution in [2.45, 2.75) is 52.1 Å². The van der Waals surface area contributed by atoms with Crippen molar-refractivity contribution in [3.8, 4) is 5.75 Å². The summed E-state index contributed by atoms with van der Waals surface area (Å²) in [6, 6.07) is 8.48. The van der Waals surface area contributed by atoms with Crippen molar-refractivity contribution in [2.24, 2.45) is 4.99 Å². The quantitative estimate of drug-likeness (QED) is 0.273. The van der Waals surface area contributed by atoms with Gasteiger partial charge in [-0.3, -0.25) is 9.69 Å². The number of methoxy groups -OCH3 is 1. The number of halogens is 1. The van der Waals surface area contributed by atoms with Gasteiger partial charge in [0.1, 0.15) is 12.3 Å². The lowest BCUT2D eigenvalue weighted by Gasteiger charge is -2.29. The Morgan fingerprint density at radius 3 is 2.53 bits per heavy atom. The second-order valence-electron chi connectivity index (χ2n) is 8.41. The number of ether oxygens (including phenoxy) is 1. The summed E-state index contributed by atoms with van der Waals surface area (Å²) >= 11 is 0. The van der Waals surface area contributed by atoms with Gasteiger partial charge in [-0.1, -0.05) is 12.1 Å². The number of amides is 1. The van der Waals surface area contributed by atoms with E-state index < -0.39 is 0 Å². The Kier molecular flexibility index (Phi) is 11.5. The molecule has 30 heavy (non-hydrogen) atoms. The molecule has 1 atom stereocenters. The molecule has 1 aliphatic rings. The number of hydrogen-bond donors (Lipinski definition) is 3. The molecule has 1 heterocycles. The molecule has 1 unspecified atom stereocenters. The van der Waals surface area contributed by atoms with E-state index in [0.717, 1.165) is 25.4 Å². The zero-order chi connectivity index (χ0) is 21.3. The van der Waals surface area contributed by atoms with Crippen LogP contribution >= 0.6 is 24.0 Å². The van der Waals surface area contributed by atoms with Gasteiger partial charge in [-0.2, -0.15) is 0 Å². The lowest BCUT2D eigenvalue weighted by molar-refractivity contribution is -0.121. The second kappa shape index (κ2) is 13.0. The fourth-order valence-corrected chi connectivity index (χ4v) is 3.50. The average Bonchev–Trinajstić information content (AvgIpc) is 3.19. The number of carbonyl (C=O) groups is 1. The zero-order valence-electron chi connectivity index (χ0n) is 19.0.